The van der Waals surface area contributed by atoms with Crippen LogP contribution >= 0.6 is 11.3 Å². The Morgan fingerprint density at radius 2 is 1.92 bits per heavy atom. The molecule has 0 radical (unpaired) electrons. The second-order valence-electron chi connectivity index (χ2n) is 10.6. The number of piperidine rings is 1. The predicted octanol–water partition coefficient (Wildman–Crippen LogP) is 6.55. The van der Waals surface area contributed by atoms with Gasteiger partial charge in [0.1, 0.15) is 11.5 Å². The minimum Gasteiger partial charge on any atom is -0.478 e. The lowest BCUT2D eigenvalue weighted by atomic mass is 9.99. The molecule has 0 spiro atoms. The SMILES string of the molecule is Cc1ccccc1-c1noc(C2CC2)c1CO[C@@H]1C[C@H]2CC[C@@H](C1)N2c1nc2ccc(C(=O)O)cc2s1. The molecule has 1 N–H and O–H groups in total. The van der Waals surface area contributed by atoms with Crippen LogP contribution in [0.1, 0.15) is 71.7 Å². The summed E-state index contributed by atoms with van der Waals surface area (Å²) >= 11 is 1.60. The number of ether oxygens (including phenoxy) is 1. The highest BCUT2D eigenvalue weighted by molar-refractivity contribution is 7.22. The van der Waals surface area contributed by atoms with Crippen LogP contribution in [0.2, 0.25) is 0 Å². The molecule has 0 unspecified atom stereocenters. The lowest BCUT2D eigenvalue weighted by molar-refractivity contribution is 0.0147. The van der Waals surface area contributed by atoms with Gasteiger partial charge in [-0.2, -0.15) is 0 Å². The van der Waals surface area contributed by atoms with Crippen LogP contribution in [0.15, 0.2) is 47.0 Å². The molecule has 3 atom stereocenters. The number of aromatic nitrogens is 2. The van der Waals surface area contributed by atoms with Crippen LogP contribution in [-0.2, 0) is 11.3 Å². The highest BCUT2D eigenvalue weighted by Gasteiger charge is 2.43. The zero-order valence-electron chi connectivity index (χ0n) is 20.7. The molecule has 1 saturated carbocycles. The number of carboxylic acids is 1. The first kappa shape index (κ1) is 22.9. The Hall–Kier alpha value is -3.23. The fourth-order valence-corrected chi connectivity index (χ4v) is 7.26. The quantitative estimate of drug-likeness (QED) is 0.298. The second-order valence-corrected chi connectivity index (χ2v) is 11.7. The van der Waals surface area contributed by atoms with E-state index < -0.39 is 5.97 Å². The fourth-order valence-electron chi connectivity index (χ4n) is 6.11. The number of aromatic carboxylic acids is 1. The maximum atomic E-state index is 11.4. The number of nitrogens with zero attached hydrogens (tertiary/aromatic N) is 3. The number of rotatable bonds is 7. The minimum atomic E-state index is -0.905. The average Bonchev–Trinajstić information content (AvgIpc) is 3.41. The molecule has 4 aromatic rings. The summed E-state index contributed by atoms with van der Waals surface area (Å²) in [4.78, 5) is 18.7. The highest BCUT2D eigenvalue weighted by Crippen LogP contribution is 2.46. The molecule has 2 aliphatic heterocycles. The third-order valence-corrected chi connectivity index (χ3v) is 9.20. The molecule has 3 fully saturated rings. The number of aryl methyl sites for hydroxylation is 1. The smallest absolute Gasteiger partial charge is 0.335 e. The van der Waals surface area contributed by atoms with Crippen LogP contribution in [0.3, 0.4) is 0 Å². The van der Waals surface area contributed by atoms with Gasteiger partial charge in [-0.25, -0.2) is 9.78 Å². The third kappa shape index (κ3) is 4.12. The van der Waals surface area contributed by atoms with Crippen molar-refractivity contribution in [3.63, 3.8) is 0 Å². The summed E-state index contributed by atoms with van der Waals surface area (Å²) in [5, 5.41) is 14.8. The van der Waals surface area contributed by atoms with Gasteiger partial charge in [-0.05, 0) is 69.2 Å². The Bertz CT molecular complexity index is 1480. The van der Waals surface area contributed by atoms with Gasteiger partial charge in [0.05, 0.1) is 28.5 Å². The van der Waals surface area contributed by atoms with Gasteiger partial charge in [-0.3, -0.25) is 0 Å². The third-order valence-electron chi connectivity index (χ3n) is 8.17. The predicted molar refractivity (Wildman–Crippen MR) is 142 cm³/mol. The normalized spacial score (nSPS) is 23.2. The van der Waals surface area contributed by atoms with Gasteiger partial charge in [0.15, 0.2) is 5.13 Å². The molecule has 3 aliphatic rings. The van der Waals surface area contributed by atoms with Crippen molar-refractivity contribution in [1.29, 1.82) is 0 Å². The van der Waals surface area contributed by atoms with Crippen molar-refractivity contribution in [3.8, 4) is 11.3 Å². The van der Waals surface area contributed by atoms with Crippen LogP contribution < -0.4 is 4.90 Å². The summed E-state index contributed by atoms with van der Waals surface area (Å²) in [6.45, 7) is 2.64. The summed E-state index contributed by atoms with van der Waals surface area (Å²) in [6, 6.07) is 14.3. The molecule has 8 heteroatoms. The summed E-state index contributed by atoms with van der Waals surface area (Å²) in [5.74, 6) is 0.578. The first-order chi connectivity index (χ1) is 18.0. The van der Waals surface area contributed by atoms with Crippen LogP contribution in [0, 0.1) is 6.92 Å². The minimum absolute atomic E-state index is 0.188. The van der Waals surface area contributed by atoms with Crippen LogP contribution in [0.4, 0.5) is 5.13 Å². The van der Waals surface area contributed by atoms with Crippen molar-refractivity contribution in [1.82, 2.24) is 10.1 Å². The Kier molecular flexibility index (Phi) is 5.55. The monoisotopic (exact) mass is 515 g/mol. The number of anilines is 1. The molecule has 2 bridgehead atoms. The molecule has 7 rings (SSSR count). The Labute approximate surface area is 219 Å². The lowest BCUT2D eigenvalue weighted by Gasteiger charge is -2.38. The largest absolute Gasteiger partial charge is 0.478 e. The Morgan fingerprint density at radius 1 is 1.14 bits per heavy atom. The van der Waals surface area contributed by atoms with E-state index in [-0.39, 0.29) is 6.10 Å². The molecule has 1 aliphatic carbocycles. The molecule has 2 aromatic carbocycles. The summed E-state index contributed by atoms with van der Waals surface area (Å²) < 4.78 is 13.4. The van der Waals surface area contributed by atoms with Crippen molar-refractivity contribution >= 4 is 32.7 Å². The number of hydrogen-bond acceptors (Lipinski definition) is 7. The standard InChI is InChI=1S/C29H29N3O4S/c1-16-4-2-3-5-22(16)26-23(27(36-31-26)17-6-7-17)15-35-21-13-19-9-10-20(14-21)32(19)29-30-24-11-8-18(28(33)34)12-25(24)37-29/h2-5,8,11-12,17,19-21H,6-7,9-10,13-15H2,1H3,(H,33,34)/t19-,20+,21-. The van der Waals surface area contributed by atoms with E-state index >= 15 is 0 Å². The van der Waals surface area contributed by atoms with E-state index in [1.54, 1.807) is 23.5 Å². The van der Waals surface area contributed by atoms with Crippen LogP contribution in [0.25, 0.3) is 21.5 Å². The van der Waals surface area contributed by atoms with Gasteiger partial charge in [0, 0.05) is 29.1 Å². The number of benzene rings is 2. The molecule has 0 amide bonds. The van der Waals surface area contributed by atoms with E-state index in [9.17, 15) is 9.90 Å². The van der Waals surface area contributed by atoms with Crippen LogP contribution in [-0.4, -0.2) is 39.4 Å². The van der Waals surface area contributed by atoms with E-state index in [4.69, 9.17) is 14.2 Å². The first-order valence-corrected chi connectivity index (χ1v) is 13.9. The van der Waals surface area contributed by atoms with Crippen molar-refractivity contribution in [2.75, 3.05) is 4.90 Å². The molecule has 37 heavy (non-hydrogen) atoms. The summed E-state index contributed by atoms with van der Waals surface area (Å²) in [5.41, 5.74) is 5.53. The topological polar surface area (TPSA) is 88.7 Å². The maximum absolute atomic E-state index is 11.4. The molecular weight excluding hydrogens is 486 g/mol. The number of carboxylic acid groups (broad SMARTS) is 1. The Balaban J connectivity index is 1.09. The van der Waals surface area contributed by atoms with Crippen molar-refractivity contribution in [2.24, 2.45) is 0 Å². The first-order valence-electron chi connectivity index (χ1n) is 13.1. The van der Waals surface area contributed by atoms with Crippen molar-refractivity contribution in [2.45, 2.75) is 76.2 Å². The van der Waals surface area contributed by atoms with E-state index in [1.165, 1.54) is 5.56 Å². The van der Waals surface area contributed by atoms with Crippen molar-refractivity contribution < 1.29 is 19.2 Å². The zero-order valence-corrected chi connectivity index (χ0v) is 21.5. The molecule has 2 aromatic heterocycles. The zero-order chi connectivity index (χ0) is 25.1. The maximum Gasteiger partial charge on any atom is 0.335 e. The summed E-state index contributed by atoms with van der Waals surface area (Å²) in [6.07, 6.45) is 6.72. The second kappa shape index (κ2) is 8.96. The highest BCUT2D eigenvalue weighted by atomic mass is 32.1. The number of hydrogen-bond donors (Lipinski definition) is 1. The molecule has 4 heterocycles. The van der Waals surface area contributed by atoms with E-state index in [2.05, 4.69) is 41.2 Å². The van der Waals surface area contributed by atoms with Gasteiger partial charge in [-0.1, -0.05) is 40.8 Å². The number of carbonyl (C=O) groups is 1. The molecule has 2 saturated heterocycles. The number of thiazole rings is 1. The van der Waals surface area contributed by atoms with E-state index in [1.807, 2.05) is 6.07 Å². The molecule has 190 valence electrons. The van der Waals surface area contributed by atoms with Gasteiger partial charge >= 0.3 is 5.97 Å². The van der Waals surface area contributed by atoms with Gasteiger partial charge in [0.25, 0.3) is 0 Å². The van der Waals surface area contributed by atoms with E-state index in [0.717, 1.165) is 76.5 Å². The van der Waals surface area contributed by atoms with E-state index in [0.29, 0.717) is 30.2 Å². The number of fused-ring (bicyclic) bond motifs is 3. The molecule has 7 nitrogen and oxygen atoms in total. The average molecular weight is 516 g/mol. The lowest BCUT2D eigenvalue weighted by Crippen LogP contribution is -2.45. The van der Waals surface area contributed by atoms with Crippen LogP contribution in [0.5, 0.6) is 0 Å². The summed E-state index contributed by atoms with van der Waals surface area (Å²) in [7, 11) is 0. The van der Waals surface area contributed by atoms with Gasteiger partial charge in [-0.15, -0.1) is 0 Å². The van der Waals surface area contributed by atoms with Gasteiger partial charge < -0.3 is 19.3 Å². The van der Waals surface area contributed by atoms with Gasteiger partial charge in [0.2, 0.25) is 0 Å². The molecular formula is C29H29N3O4S. The fraction of sp³-hybridized carbons (Fsp3) is 0.414. The Morgan fingerprint density at radius 3 is 2.65 bits per heavy atom. The van der Waals surface area contributed by atoms with Crippen molar-refractivity contribution in [3.05, 3.63) is 64.9 Å².